The number of nitrogens with one attached hydrogen (secondary N) is 2. The van der Waals surface area contributed by atoms with Crippen molar-refractivity contribution < 1.29 is 19.1 Å². The molecule has 2 heterocycles. The molecule has 2 aliphatic rings. The third-order valence-electron chi connectivity index (χ3n) is 7.17. The summed E-state index contributed by atoms with van der Waals surface area (Å²) in [5.41, 5.74) is 0.220. The molecule has 2 saturated heterocycles. The maximum Gasteiger partial charge on any atom is 0.339 e. The van der Waals surface area contributed by atoms with Gasteiger partial charge in [-0.2, -0.15) is 0 Å². The minimum Gasteiger partial charge on any atom is -0.459 e. The van der Waals surface area contributed by atoms with E-state index in [0.717, 1.165) is 36.5 Å². The zero-order valence-corrected chi connectivity index (χ0v) is 23.1. The molecule has 36 heavy (non-hydrogen) atoms. The summed E-state index contributed by atoms with van der Waals surface area (Å²) >= 11 is 0. The lowest BCUT2D eigenvalue weighted by Crippen LogP contribution is -2.59. The van der Waals surface area contributed by atoms with Gasteiger partial charge >= 0.3 is 11.9 Å². The molecule has 2 aromatic carbocycles. The van der Waals surface area contributed by atoms with Gasteiger partial charge in [-0.1, -0.05) is 24.3 Å². The Balaban J connectivity index is 1.59. The van der Waals surface area contributed by atoms with Gasteiger partial charge in [0.2, 0.25) is 0 Å². The van der Waals surface area contributed by atoms with Crippen LogP contribution in [0.3, 0.4) is 0 Å². The number of ether oxygens (including phenoxy) is 2. The average molecular weight is 495 g/mol. The minimum atomic E-state index is -0.405. The van der Waals surface area contributed by atoms with Crippen LogP contribution in [0.4, 0.5) is 0 Å². The normalized spacial score (nSPS) is 23.2. The van der Waals surface area contributed by atoms with Crippen LogP contribution in [0.5, 0.6) is 0 Å². The van der Waals surface area contributed by atoms with Crippen molar-refractivity contribution in [2.75, 3.05) is 0 Å². The number of esters is 2. The summed E-state index contributed by atoms with van der Waals surface area (Å²) in [6, 6.07) is 11.1. The lowest BCUT2D eigenvalue weighted by atomic mass is 9.81. The van der Waals surface area contributed by atoms with E-state index < -0.39 is 11.9 Å². The first-order chi connectivity index (χ1) is 16.5. The Morgan fingerprint density at radius 3 is 1.64 bits per heavy atom. The molecule has 6 nitrogen and oxygen atoms in total. The van der Waals surface area contributed by atoms with Crippen LogP contribution < -0.4 is 10.6 Å². The van der Waals surface area contributed by atoms with Gasteiger partial charge in [-0.15, -0.1) is 0 Å². The van der Waals surface area contributed by atoms with Crippen LogP contribution in [0.2, 0.25) is 0 Å². The second-order valence-electron chi connectivity index (χ2n) is 13.4. The highest BCUT2D eigenvalue weighted by Gasteiger charge is 2.41. The summed E-state index contributed by atoms with van der Waals surface area (Å²) in [6.45, 7) is 17.0. The van der Waals surface area contributed by atoms with Gasteiger partial charge in [0.25, 0.3) is 0 Å². The van der Waals surface area contributed by atoms with Gasteiger partial charge in [0, 0.05) is 47.8 Å². The maximum atomic E-state index is 13.5. The van der Waals surface area contributed by atoms with E-state index in [1.165, 1.54) is 0 Å². The quantitative estimate of drug-likeness (QED) is 0.526. The van der Waals surface area contributed by atoms with Crippen LogP contribution in [-0.2, 0) is 9.47 Å². The van der Waals surface area contributed by atoms with Gasteiger partial charge in [-0.25, -0.2) is 9.59 Å². The predicted octanol–water partition coefficient (Wildman–Crippen LogP) is 5.77. The molecule has 0 amide bonds. The topological polar surface area (TPSA) is 76.7 Å². The first-order valence-electron chi connectivity index (χ1n) is 13.1. The maximum absolute atomic E-state index is 13.5. The number of fused-ring (bicyclic) bond motifs is 1. The van der Waals surface area contributed by atoms with E-state index in [4.69, 9.17) is 9.47 Å². The van der Waals surface area contributed by atoms with E-state index in [0.29, 0.717) is 11.1 Å². The Bertz CT molecular complexity index is 1130. The highest BCUT2D eigenvalue weighted by atomic mass is 16.5. The zero-order chi connectivity index (χ0) is 26.5. The van der Waals surface area contributed by atoms with Crippen LogP contribution in [0.15, 0.2) is 36.4 Å². The Morgan fingerprint density at radius 1 is 0.694 bits per heavy atom. The Labute approximate surface area is 215 Å². The van der Waals surface area contributed by atoms with E-state index in [9.17, 15) is 9.59 Å². The zero-order valence-electron chi connectivity index (χ0n) is 23.1. The van der Waals surface area contributed by atoms with Crippen molar-refractivity contribution in [3.63, 3.8) is 0 Å². The third kappa shape index (κ3) is 6.27. The number of piperidine rings is 2. The second kappa shape index (κ2) is 9.14. The van der Waals surface area contributed by atoms with Crippen molar-refractivity contribution in [3.05, 3.63) is 47.5 Å². The smallest absolute Gasteiger partial charge is 0.339 e. The van der Waals surface area contributed by atoms with E-state index in [-0.39, 0.29) is 34.4 Å². The van der Waals surface area contributed by atoms with E-state index in [2.05, 4.69) is 66.0 Å². The molecule has 0 radical (unpaired) electrons. The van der Waals surface area contributed by atoms with Crippen molar-refractivity contribution in [3.8, 4) is 0 Å². The van der Waals surface area contributed by atoms with Crippen LogP contribution in [0, 0.1) is 0 Å². The standard InChI is InChI=1S/C30H42N2O4/c1-27(2)15-21(16-28(3,4)31-27)35-25(33)20-13-19-11-9-10-12-23(19)24(14-20)26(34)36-22-17-29(5,6)32-30(7,8)18-22/h9-14,21-22,31-32H,15-18H2,1-8H3. The predicted molar refractivity (Wildman–Crippen MR) is 143 cm³/mol. The second-order valence-corrected chi connectivity index (χ2v) is 13.4. The SMILES string of the molecule is CC1(C)CC(OC(=O)c2cc(C(=O)OC3CC(C)(C)NC(C)(C)C3)c3ccccc3c2)CC(C)(C)N1. The van der Waals surface area contributed by atoms with Crippen molar-refractivity contribution in [2.24, 2.45) is 0 Å². The van der Waals surface area contributed by atoms with Gasteiger partial charge in [0.1, 0.15) is 12.2 Å². The number of benzene rings is 2. The molecule has 0 spiro atoms. The van der Waals surface area contributed by atoms with Gasteiger partial charge in [0.05, 0.1) is 11.1 Å². The van der Waals surface area contributed by atoms with Gasteiger partial charge in [-0.05, 0) is 78.3 Å². The molecular formula is C30H42N2O4. The molecule has 2 N–H and O–H groups in total. The molecule has 0 saturated carbocycles. The van der Waals surface area contributed by atoms with Crippen LogP contribution in [-0.4, -0.2) is 46.3 Å². The fourth-order valence-corrected chi connectivity index (χ4v) is 6.66. The molecular weight excluding hydrogens is 452 g/mol. The molecule has 2 fully saturated rings. The van der Waals surface area contributed by atoms with Crippen LogP contribution in [0.1, 0.15) is 102 Å². The Morgan fingerprint density at radius 2 is 1.14 bits per heavy atom. The number of rotatable bonds is 4. The third-order valence-corrected chi connectivity index (χ3v) is 7.17. The summed E-state index contributed by atoms with van der Waals surface area (Å²) < 4.78 is 12.1. The summed E-state index contributed by atoms with van der Waals surface area (Å²) in [5.74, 6) is -0.805. The number of carbonyl (C=O) groups is 2. The first kappa shape index (κ1) is 26.6. The molecule has 4 rings (SSSR count). The molecule has 0 aliphatic carbocycles. The van der Waals surface area contributed by atoms with Crippen molar-refractivity contribution >= 4 is 22.7 Å². The summed E-state index contributed by atoms with van der Waals surface area (Å²) in [6.07, 6.45) is 2.49. The largest absolute Gasteiger partial charge is 0.459 e. The number of carbonyl (C=O) groups excluding carboxylic acids is 2. The molecule has 2 aliphatic heterocycles. The molecule has 196 valence electrons. The fourth-order valence-electron chi connectivity index (χ4n) is 6.66. The Kier molecular flexibility index (Phi) is 6.76. The lowest BCUT2D eigenvalue weighted by molar-refractivity contribution is -0.00678. The average Bonchev–Trinajstić information content (AvgIpc) is 2.68. The highest BCUT2D eigenvalue weighted by molar-refractivity contribution is 6.08. The molecule has 0 aromatic heterocycles. The molecule has 6 heteroatoms. The Hall–Kier alpha value is -2.44. The van der Waals surface area contributed by atoms with E-state index >= 15 is 0 Å². The lowest BCUT2D eigenvalue weighted by Gasteiger charge is -2.46. The summed E-state index contributed by atoms with van der Waals surface area (Å²) in [7, 11) is 0. The summed E-state index contributed by atoms with van der Waals surface area (Å²) in [5, 5.41) is 8.83. The van der Waals surface area contributed by atoms with Crippen molar-refractivity contribution in [1.82, 2.24) is 10.6 Å². The fraction of sp³-hybridized carbons (Fsp3) is 0.600. The molecule has 0 unspecified atom stereocenters. The number of hydrogen-bond acceptors (Lipinski definition) is 6. The first-order valence-corrected chi connectivity index (χ1v) is 13.1. The highest BCUT2D eigenvalue weighted by Crippen LogP contribution is 2.33. The molecule has 2 aromatic rings. The van der Waals surface area contributed by atoms with Crippen LogP contribution >= 0.6 is 0 Å². The summed E-state index contributed by atoms with van der Waals surface area (Å²) in [4.78, 5) is 26.8. The molecule has 0 atom stereocenters. The van der Waals surface area contributed by atoms with E-state index in [1.807, 2.05) is 30.3 Å². The van der Waals surface area contributed by atoms with Gasteiger partial charge in [-0.3, -0.25) is 0 Å². The van der Waals surface area contributed by atoms with Gasteiger partial charge < -0.3 is 20.1 Å². The van der Waals surface area contributed by atoms with Crippen LogP contribution in [0.25, 0.3) is 10.8 Å². The van der Waals surface area contributed by atoms with Crippen molar-refractivity contribution in [1.29, 1.82) is 0 Å². The van der Waals surface area contributed by atoms with Crippen molar-refractivity contribution in [2.45, 2.75) is 115 Å². The van der Waals surface area contributed by atoms with Gasteiger partial charge in [0.15, 0.2) is 0 Å². The van der Waals surface area contributed by atoms with E-state index in [1.54, 1.807) is 6.07 Å². The molecule has 0 bridgehead atoms. The number of hydrogen-bond donors (Lipinski definition) is 2. The minimum absolute atomic E-state index is 0.137. The monoisotopic (exact) mass is 494 g/mol.